The number of thiazole rings is 1. The van der Waals surface area contributed by atoms with Crippen LogP contribution in [0.5, 0.6) is 0 Å². The van der Waals surface area contributed by atoms with Crippen molar-refractivity contribution < 1.29 is 4.39 Å². The van der Waals surface area contributed by atoms with Crippen molar-refractivity contribution in [3.8, 4) is 11.5 Å². The van der Waals surface area contributed by atoms with Crippen molar-refractivity contribution in [3.63, 3.8) is 0 Å². The van der Waals surface area contributed by atoms with Gasteiger partial charge in [0.25, 0.3) is 0 Å². The number of aromatic nitrogens is 4. The van der Waals surface area contributed by atoms with Gasteiger partial charge in [-0.1, -0.05) is 0 Å². The molecule has 0 N–H and O–H groups in total. The van der Waals surface area contributed by atoms with Crippen LogP contribution in [0.3, 0.4) is 0 Å². The summed E-state index contributed by atoms with van der Waals surface area (Å²) in [6.45, 7) is 4.74. The van der Waals surface area contributed by atoms with Crippen molar-refractivity contribution in [2.45, 2.75) is 32.2 Å². The molecule has 1 fully saturated rings. The zero-order valence-corrected chi connectivity index (χ0v) is 16.5. The maximum atomic E-state index is 14.3. The highest BCUT2D eigenvalue weighted by atomic mass is 32.1. The van der Waals surface area contributed by atoms with Gasteiger partial charge >= 0.3 is 0 Å². The molecular formula is C20H21FN6S. The van der Waals surface area contributed by atoms with Gasteiger partial charge in [-0.05, 0) is 19.8 Å². The zero-order chi connectivity index (χ0) is 19.1. The summed E-state index contributed by atoms with van der Waals surface area (Å²) in [4.78, 5) is 22.6. The minimum Gasteiger partial charge on any atom is -0.356 e. The van der Waals surface area contributed by atoms with Crippen molar-refractivity contribution in [1.29, 1.82) is 0 Å². The second-order valence-corrected chi connectivity index (χ2v) is 8.00. The number of nitrogens with zero attached hydrogens (tertiary/aromatic N) is 6. The standard InChI is InChI=1S/C20H21FN6S/c1-13-15-10-22-20(17-11-28-12-23-17)24-16(15)4-7-27(13)19-9-14(21)8-18(25-19)26-5-2-3-6-26/h8-13H,2-7H2,1H3. The van der Waals surface area contributed by atoms with Crippen LogP contribution in [0, 0.1) is 5.82 Å². The SMILES string of the molecule is CC1c2cnc(-c3cscn3)nc2CCN1c1cc(F)cc(N2CCCC2)n1. The van der Waals surface area contributed by atoms with Crippen molar-refractivity contribution in [3.05, 3.63) is 46.3 Å². The van der Waals surface area contributed by atoms with Gasteiger partial charge in [0, 0.05) is 55.3 Å². The molecule has 144 valence electrons. The Labute approximate surface area is 167 Å². The van der Waals surface area contributed by atoms with E-state index >= 15 is 0 Å². The van der Waals surface area contributed by atoms with Crippen LogP contribution in [-0.2, 0) is 6.42 Å². The van der Waals surface area contributed by atoms with Crippen LogP contribution >= 0.6 is 11.3 Å². The molecule has 0 aromatic carbocycles. The van der Waals surface area contributed by atoms with Gasteiger partial charge in [0.15, 0.2) is 5.82 Å². The van der Waals surface area contributed by atoms with Gasteiger partial charge < -0.3 is 9.80 Å². The molecule has 5 rings (SSSR count). The van der Waals surface area contributed by atoms with Crippen LogP contribution in [-0.4, -0.2) is 39.6 Å². The Morgan fingerprint density at radius 2 is 1.89 bits per heavy atom. The number of rotatable bonds is 3. The first-order valence-corrected chi connectivity index (χ1v) is 10.6. The van der Waals surface area contributed by atoms with Crippen molar-refractivity contribution in [1.82, 2.24) is 19.9 Å². The molecule has 2 aliphatic rings. The number of fused-ring (bicyclic) bond motifs is 1. The molecule has 1 saturated heterocycles. The molecule has 0 spiro atoms. The number of anilines is 2. The van der Waals surface area contributed by atoms with E-state index in [-0.39, 0.29) is 11.9 Å². The van der Waals surface area contributed by atoms with E-state index < -0.39 is 0 Å². The van der Waals surface area contributed by atoms with E-state index in [9.17, 15) is 4.39 Å². The predicted octanol–water partition coefficient (Wildman–Crippen LogP) is 3.86. The first-order valence-electron chi connectivity index (χ1n) is 9.62. The van der Waals surface area contributed by atoms with Gasteiger partial charge in [-0.25, -0.2) is 24.3 Å². The lowest BCUT2D eigenvalue weighted by atomic mass is 9.99. The Bertz CT molecular complexity index is 986. The molecule has 0 bridgehead atoms. The molecule has 28 heavy (non-hydrogen) atoms. The minimum atomic E-state index is -0.236. The van der Waals surface area contributed by atoms with Crippen LogP contribution in [0.15, 0.2) is 29.2 Å². The summed E-state index contributed by atoms with van der Waals surface area (Å²) in [6.07, 6.45) is 4.93. The first-order chi connectivity index (χ1) is 13.7. The summed E-state index contributed by atoms with van der Waals surface area (Å²) in [7, 11) is 0. The lowest BCUT2D eigenvalue weighted by Crippen LogP contribution is -2.35. The molecule has 0 amide bonds. The lowest BCUT2D eigenvalue weighted by Gasteiger charge is -2.36. The van der Waals surface area contributed by atoms with Crippen LogP contribution < -0.4 is 9.80 Å². The summed E-state index contributed by atoms with van der Waals surface area (Å²) in [5, 5.41) is 1.96. The fraction of sp³-hybridized carbons (Fsp3) is 0.400. The largest absolute Gasteiger partial charge is 0.356 e. The van der Waals surface area contributed by atoms with E-state index in [4.69, 9.17) is 9.97 Å². The summed E-state index contributed by atoms with van der Waals surface area (Å²) < 4.78 is 14.3. The summed E-state index contributed by atoms with van der Waals surface area (Å²) in [5.74, 6) is 1.85. The summed E-state index contributed by atoms with van der Waals surface area (Å²) in [6, 6.07) is 3.11. The average molecular weight is 396 g/mol. The second-order valence-electron chi connectivity index (χ2n) is 7.28. The van der Waals surface area contributed by atoms with E-state index in [0.717, 1.165) is 61.7 Å². The number of hydrogen-bond donors (Lipinski definition) is 0. The molecule has 0 radical (unpaired) electrons. The van der Waals surface area contributed by atoms with E-state index in [0.29, 0.717) is 11.6 Å². The number of pyridine rings is 1. The van der Waals surface area contributed by atoms with Gasteiger partial charge in [-0.2, -0.15) is 0 Å². The third-order valence-corrected chi connectivity index (χ3v) is 6.14. The Balaban J connectivity index is 1.45. The van der Waals surface area contributed by atoms with Crippen LogP contribution in [0.25, 0.3) is 11.5 Å². The van der Waals surface area contributed by atoms with Gasteiger partial charge in [0.05, 0.1) is 17.2 Å². The molecule has 8 heteroatoms. The van der Waals surface area contributed by atoms with E-state index in [2.05, 4.69) is 26.7 Å². The van der Waals surface area contributed by atoms with E-state index in [1.54, 1.807) is 11.6 Å². The molecule has 2 aliphatic heterocycles. The van der Waals surface area contributed by atoms with Crippen LogP contribution in [0.1, 0.15) is 37.1 Å². The monoisotopic (exact) mass is 396 g/mol. The average Bonchev–Trinajstić information content (AvgIpc) is 3.41. The third kappa shape index (κ3) is 3.11. The third-order valence-electron chi connectivity index (χ3n) is 5.56. The van der Waals surface area contributed by atoms with Crippen molar-refractivity contribution in [2.75, 3.05) is 29.4 Å². The molecule has 0 saturated carbocycles. The fourth-order valence-corrected chi connectivity index (χ4v) is 4.58. The first kappa shape index (κ1) is 17.5. The van der Waals surface area contributed by atoms with Gasteiger partial charge in [0.2, 0.25) is 0 Å². The maximum Gasteiger partial charge on any atom is 0.179 e. The van der Waals surface area contributed by atoms with E-state index in [1.165, 1.54) is 17.4 Å². The molecule has 3 aromatic rings. The van der Waals surface area contributed by atoms with Crippen LogP contribution in [0.4, 0.5) is 16.0 Å². The molecule has 3 aromatic heterocycles. The highest BCUT2D eigenvalue weighted by Crippen LogP contribution is 2.34. The van der Waals surface area contributed by atoms with Crippen LogP contribution in [0.2, 0.25) is 0 Å². The molecule has 1 unspecified atom stereocenters. The Kier molecular flexibility index (Phi) is 4.43. The predicted molar refractivity (Wildman–Crippen MR) is 108 cm³/mol. The van der Waals surface area contributed by atoms with Gasteiger partial charge in [-0.3, -0.25) is 0 Å². The molecule has 1 atom stereocenters. The Morgan fingerprint density at radius 1 is 1.07 bits per heavy atom. The second kappa shape index (κ2) is 7.09. The molecule has 5 heterocycles. The topological polar surface area (TPSA) is 58.0 Å². The minimum absolute atomic E-state index is 0.0361. The number of hydrogen-bond acceptors (Lipinski definition) is 7. The summed E-state index contributed by atoms with van der Waals surface area (Å²) in [5.41, 5.74) is 4.71. The number of halogens is 1. The highest BCUT2D eigenvalue weighted by Gasteiger charge is 2.28. The fourth-order valence-electron chi connectivity index (χ4n) is 4.05. The Morgan fingerprint density at radius 3 is 2.68 bits per heavy atom. The normalized spacial score (nSPS) is 19.1. The molecule has 6 nitrogen and oxygen atoms in total. The quantitative estimate of drug-likeness (QED) is 0.670. The highest BCUT2D eigenvalue weighted by molar-refractivity contribution is 7.07. The van der Waals surface area contributed by atoms with Crippen molar-refractivity contribution >= 4 is 23.0 Å². The Hall–Kier alpha value is -2.61. The summed E-state index contributed by atoms with van der Waals surface area (Å²) >= 11 is 1.54. The molecular weight excluding hydrogens is 375 g/mol. The van der Waals surface area contributed by atoms with E-state index in [1.807, 2.05) is 11.6 Å². The lowest BCUT2D eigenvalue weighted by molar-refractivity contribution is 0.590. The van der Waals surface area contributed by atoms with Crippen molar-refractivity contribution in [2.24, 2.45) is 0 Å². The van der Waals surface area contributed by atoms with Gasteiger partial charge in [0.1, 0.15) is 23.1 Å². The van der Waals surface area contributed by atoms with Gasteiger partial charge in [-0.15, -0.1) is 11.3 Å². The molecule has 0 aliphatic carbocycles. The smallest absolute Gasteiger partial charge is 0.179 e. The zero-order valence-electron chi connectivity index (χ0n) is 15.7. The maximum absolute atomic E-state index is 14.3.